The van der Waals surface area contributed by atoms with Crippen molar-refractivity contribution in [1.29, 1.82) is 0 Å². The highest BCUT2D eigenvalue weighted by atomic mass is 16.5. The van der Waals surface area contributed by atoms with Crippen LogP contribution in [0.25, 0.3) is 0 Å². The minimum atomic E-state index is 0.283. The van der Waals surface area contributed by atoms with Gasteiger partial charge in [0.25, 0.3) is 0 Å². The van der Waals surface area contributed by atoms with Gasteiger partial charge in [-0.15, -0.1) is 0 Å². The van der Waals surface area contributed by atoms with Crippen LogP contribution in [0.3, 0.4) is 0 Å². The van der Waals surface area contributed by atoms with E-state index in [4.69, 9.17) is 4.52 Å². The van der Waals surface area contributed by atoms with Crippen LogP contribution in [0.2, 0.25) is 0 Å². The molecule has 0 bridgehead atoms. The van der Waals surface area contributed by atoms with E-state index < -0.39 is 0 Å². The summed E-state index contributed by atoms with van der Waals surface area (Å²) in [6.07, 6.45) is 3.08. The van der Waals surface area contributed by atoms with Crippen molar-refractivity contribution in [2.24, 2.45) is 0 Å². The fraction of sp³-hybridized carbons (Fsp3) is 0.571. The van der Waals surface area contributed by atoms with Crippen molar-refractivity contribution in [1.82, 2.24) is 20.1 Å². The highest BCUT2D eigenvalue weighted by Crippen LogP contribution is 2.17. The predicted molar refractivity (Wildman–Crippen MR) is 81.4 cm³/mol. The Kier molecular flexibility index (Phi) is 5.48. The SMILES string of the molecule is CCCNc1cc(NCCc2ncon2)nc(C(C)C)n1. The minimum Gasteiger partial charge on any atom is -0.370 e. The van der Waals surface area contributed by atoms with Gasteiger partial charge in [0.1, 0.15) is 17.5 Å². The molecule has 0 saturated heterocycles. The van der Waals surface area contributed by atoms with Crippen LogP contribution >= 0.6 is 0 Å². The zero-order valence-corrected chi connectivity index (χ0v) is 12.8. The summed E-state index contributed by atoms with van der Waals surface area (Å²) in [5.41, 5.74) is 0. The van der Waals surface area contributed by atoms with E-state index in [9.17, 15) is 0 Å². The second-order valence-electron chi connectivity index (χ2n) is 5.10. The van der Waals surface area contributed by atoms with Crippen LogP contribution in [-0.4, -0.2) is 33.2 Å². The minimum absolute atomic E-state index is 0.283. The van der Waals surface area contributed by atoms with E-state index in [0.717, 1.165) is 30.4 Å². The zero-order valence-electron chi connectivity index (χ0n) is 12.8. The first kappa shape index (κ1) is 15.2. The second-order valence-corrected chi connectivity index (χ2v) is 5.10. The molecule has 0 unspecified atom stereocenters. The van der Waals surface area contributed by atoms with Crippen LogP contribution in [0.5, 0.6) is 0 Å². The number of rotatable bonds is 8. The molecule has 2 rings (SSSR count). The summed E-state index contributed by atoms with van der Waals surface area (Å²) in [6, 6.07) is 1.93. The normalized spacial score (nSPS) is 10.9. The van der Waals surface area contributed by atoms with Gasteiger partial charge in [0.15, 0.2) is 5.82 Å². The molecule has 0 saturated carbocycles. The lowest BCUT2D eigenvalue weighted by molar-refractivity contribution is 0.410. The molecule has 0 aliphatic carbocycles. The quantitative estimate of drug-likeness (QED) is 0.772. The van der Waals surface area contributed by atoms with Gasteiger partial charge in [-0.3, -0.25) is 0 Å². The van der Waals surface area contributed by atoms with E-state index in [-0.39, 0.29) is 5.92 Å². The Balaban J connectivity index is 2.00. The van der Waals surface area contributed by atoms with Crippen LogP contribution in [-0.2, 0) is 6.42 Å². The summed E-state index contributed by atoms with van der Waals surface area (Å²) in [6.45, 7) is 7.89. The third-order valence-electron chi connectivity index (χ3n) is 2.88. The van der Waals surface area contributed by atoms with Crippen molar-refractivity contribution >= 4 is 11.6 Å². The first-order chi connectivity index (χ1) is 10.2. The molecular weight excluding hydrogens is 268 g/mol. The van der Waals surface area contributed by atoms with Gasteiger partial charge in [0.2, 0.25) is 6.39 Å². The molecule has 21 heavy (non-hydrogen) atoms. The third kappa shape index (κ3) is 4.70. The van der Waals surface area contributed by atoms with Crippen molar-refractivity contribution in [3.8, 4) is 0 Å². The molecule has 0 amide bonds. The molecule has 7 nitrogen and oxygen atoms in total. The van der Waals surface area contributed by atoms with Crippen LogP contribution in [0, 0.1) is 0 Å². The number of anilines is 2. The Bertz CT molecular complexity index is 540. The molecule has 0 aromatic carbocycles. The maximum Gasteiger partial charge on any atom is 0.213 e. The molecule has 0 atom stereocenters. The highest BCUT2D eigenvalue weighted by Gasteiger charge is 2.08. The van der Waals surface area contributed by atoms with E-state index in [1.807, 2.05) is 6.07 Å². The zero-order chi connectivity index (χ0) is 15.1. The van der Waals surface area contributed by atoms with E-state index in [1.54, 1.807) is 0 Å². The molecule has 7 heteroatoms. The fourth-order valence-electron chi connectivity index (χ4n) is 1.76. The summed E-state index contributed by atoms with van der Waals surface area (Å²) < 4.78 is 4.71. The second kappa shape index (κ2) is 7.56. The van der Waals surface area contributed by atoms with Gasteiger partial charge < -0.3 is 15.2 Å². The van der Waals surface area contributed by atoms with Crippen molar-refractivity contribution in [3.63, 3.8) is 0 Å². The highest BCUT2D eigenvalue weighted by molar-refractivity contribution is 5.47. The number of nitrogens with zero attached hydrogens (tertiary/aromatic N) is 4. The first-order valence-electron chi connectivity index (χ1n) is 7.31. The average Bonchev–Trinajstić information content (AvgIpc) is 2.98. The molecular formula is C14H22N6O. The van der Waals surface area contributed by atoms with Crippen LogP contribution in [0.1, 0.15) is 44.8 Å². The maximum atomic E-state index is 4.71. The van der Waals surface area contributed by atoms with Gasteiger partial charge in [0.05, 0.1) is 0 Å². The Morgan fingerprint density at radius 3 is 2.43 bits per heavy atom. The van der Waals surface area contributed by atoms with Crippen molar-refractivity contribution < 1.29 is 4.52 Å². The lowest BCUT2D eigenvalue weighted by Crippen LogP contribution is -2.11. The summed E-state index contributed by atoms with van der Waals surface area (Å²) >= 11 is 0. The molecule has 2 aromatic rings. The summed E-state index contributed by atoms with van der Waals surface area (Å²) in [7, 11) is 0. The van der Waals surface area contributed by atoms with E-state index >= 15 is 0 Å². The lowest BCUT2D eigenvalue weighted by atomic mass is 10.2. The van der Waals surface area contributed by atoms with Crippen molar-refractivity contribution in [3.05, 3.63) is 24.1 Å². The smallest absolute Gasteiger partial charge is 0.213 e. The number of aromatic nitrogens is 4. The predicted octanol–water partition coefficient (Wildman–Crippen LogP) is 2.46. The number of hydrogen-bond donors (Lipinski definition) is 2. The molecule has 114 valence electrons. The summed E-state index contributed by atoms with van der Waals surface area (Å²) in [5, 5.41) is 10.4. The van der Waals surface area contributed by atoms with Gasteiger partial charge in [-0.25, -0.2) is 9.97 Å². The van der Waals surface area contributed by atoms with Gasteiger partial charge in [-0.05, 0) is 6.42 Å². The van der Waals surface area contributed by atoms with E-state index in [2.05, 4.69) is 51.5 Å². The molecule has 0 fully saturated rings. The molecule has 2 aromatic heterocycles. The molecule has 0 radical (unpaired) electrons. The monoisotopic (exact) mass is 290 g/mol. The standard InChI is InChI=1S/C14H22N6O/c1-4-6-15-12-8-13(19-14(18-12)10(2)3)16-7-5-11-17-9-21-20-11/h8-10H,4-7H2,1-3H3,(H2,15,16,18,19). The third-order valence-corrected chi connectivity index (χ3v) is 2.88. The van der Waals surface area contributed by atoms with Gasteiger partial charge >= 0.3 is 0 Å². The molecule has 2 N–H and O–H groups in total. The van der Waals surface area contributed by atoms with Crippen molar-refractivity contribution in [2.45, 2.75) is 39.5 Å². The first-order valence-corrected chi connectivity index (χ1v) is 7.31. The van der Waals surface area contributed by atoms with Gasteiger partial charge in [-0.2, -0.15) is 4.98 Å². The topological polar surface area (TPSA) is 88.8 Å². The fourth-order valence-corrected chi connectivity index (χ4v) is 1.76. The molecule has 2 heterocycles. The average molecular weight is 290 g/mol. The Hall–Kier alpha value is -2.18. The van der Waals surface area contributed by atoms with E-state index in [1.165, 1.54) is 6.39 Å². The summed E-state index contributed by atoms with van der Waals surface area (Å²) in [5.74, 6) is 3.47. The van der Waals surface area contributed by atoms with E-state index in [0.29, 0.717) is 18.8 Å². The lowest BCUT2D eigenvalue weighted by Gasteiger charge is -2.12. The number of nitrogens with one attached hydrogen (secondary N) is 2. The summed E-state index contributed by atoms with van der Waals surface area (Å²) in [4.78, 5) is 13.0. The largest absolute Gasteiger partial charge is 0.370 e. The van der Waals surface area contributed by atoms with Gasteiger partial charge in [0, 0.05) is 31.5 Å². The van der Waals surface area contributed by atoms with Crippen LogP contribution in [0.4, 0.5) is 11.6 Å². The van der Waals surface area contributed by atoms with Gasteiger partial charge in [-0.1, -0.05) is 25.9 Å². The molecule has 0 aliphatic heterocycles. The Morgan fingerprint density at radius 2 is 1.86 bits per heavy atom. The van der Waals surface area contributed by atoms with Crippen LogP contribution < -0.4 is 10.6 Å². The Morgan fingerprint density at radius 1 is 1.14 bits per heavy atom. The molecule has 0 spiro atoms. The van der Waals surface area contributed by atoms with Crippen LogP contribution in [0.15, 0.2) is 17.0 Å². The molecule has 0 aliphatic rings. The Labute approximate surface area is 124 Å². The number of hydrogen-bond acceptors (Lipinski definition) is 7. The van der Waals surface area contributed by atoms with Crippen molar-refractivity contribution in [2.75, 3.05) is 23.7 Å². The maximum absolute atomic E-state index is 4.71.